The summed E-state index contributed by atoms with van der Waals surface area (Å²) in [5.41, 5.74) is 0.565. The third-order valence-corrected chi connectivity index (χ3v) is 4.19. The van der Waals surface area contributed by atoms with E-state index < -0.39 is 0 Å². The van der Waals surface area contributed by atoms with Gasteiger partial charge in [0.1, 0.15) is 0 Å². The molecule has 2 aliphatic rings. The minimum absolute atomic E-state index is 0.565. The molecule has 1 saturated heterocycles. The fourth-order valence-corrected chi connectivity index (χ4v) is 2.97. The first-order valence-corrected chi connectivity index (χ1v) is 6.70. The van der Waals surface area contributed by atoms with Crippen molar-refractivity contribution in [1.82, 2.24) is 10.6 Å². The zero-order valence-electron chi connectivity index (χ0n) is 10.3. The van der Waals surface area contributed by atoms with Crippen molar-refractivity contribution in [2.75, 3.05) is 19.6 Å². The molecule has 0 aromatic carbocycles. The minimum atomic E-state index is 0.565. The second kappa shape index (κ2) is 4.84. The molecule has 1 aliphatic carbocycles. The van der Waals surface area contributed by atoms with Crippen LogP contribution in [-0.2, 0) is 0 Å². The molecule has 2 heteroatoms. The first kappa shape index (κ1) is 11.4. The van der Waals surface area contributed by atoms with Gasteiger partial charge in [-0.2, -0.15) is 0 Å². The highest BCUT2D eigenvalue weighted by Gasteiger charge is 2.36. The summed E-state index contributed by atoms with van der Waals surface area (Å²) in [5, 5.41) is 7.34. The standard InChI is InChI=1S/C13H26N2/c1-3-5-13(6-4-7-14-9-13)10-15-12-8-11(12)2/h11-12,14-15H,3-10H2,1-2H3. The summed E-state index contributed by atoms with van der Waals surface area (Å²) < 4.78 is 0. The van der Waals surface area contributed by atoms with Crippen LogP contribution in [0.3, 0.4) is 0 Å². The molecule has 2 fully saturated rings. The van der Waals surface area contributed by atoms with E-state index >= 15 is 0 Å². The van der Waals surface area contributed by atoms with Crippen LogP contribution in [0.2, 0.25) is 0 Å². The van der Waals surface area contributed by atoms with E-state index in [9.17, 15) is 0 Å². The molecular formula is C13H26N2. The Kier molecular flexibility index (Phi) is 3.68. The summed E-state index contributed by atoms with van der Waals surface area (Å²) in [5.74, 6) is 0.931. The van der Waals surface area contributed by atoms with Gasteiger partial charge in [-0.05, 0) is 43.6 Å². The average molecular weight is 210 g/mol. The average Bonchev–Trinajstić information content (AvgIpc) is 2.94. The fourth-order valence-electron chi connectivity index (χ4n) is 2.97. The lowest BCUT2D eigenvalue weighted by Gasteiger charge is -2.38. The number of hydrogen-bond acceptors (Lipinski definition) is 2. The zero-order chi connectivity index (χ0) is 10.7. The maximum Gasteiger partial charge on any atom is 0.00966 e. The van der Waals surface area contributed by atoms with Crippen LogP contribution in [0.15, 0.2) is 0 Å². The van der Waals surface area contributed by atoms with Gasteiger partial charge in [-0.15, -0.1) is 0 Å². The van der Waals surface area contributed by atoms with Gasteiger partial charge in [0.05, 0.1) is 0 Å². The Morgan fingerprint density at radius 3 is 2.80 bits per heavy atom. The highest BCUT2D eigenvalue weighted by atomic mass is 15.0. The van der Waals surface area contributed by atoms with E-state index in [2.05, 4.69) is 24.5 Å². The van der Waals surface area contributed by atoms with Gasteiger partial charge < -0.3 is 10.6 Å². The Bertz CT molecular complexity index is 191. The summed E-state index contributed by atoms with van der Waals surface area (Å²) in [4.78, 5) is 0. The van der Waals surface area contributed by atoms with Gasteiger partial charge in [-0.3, -0.25) is 0 Å². The van der Waals surface area contributed by atoms with E-state index in [-0.39, 0.29) is 0 Å². The first-order chi connectivity index (χ1) is 7.26. The summed E-state index contributed by atoms with van der Waals surface area (Å²) >= 11 is 0. The van der Waals surface area contributed by atoms with Gasteiger partial charge in [0.25, 0.3) is 0 Å². The quantitative estimate of drug-likeness (QED) is 0.726. The molecule has 2 nitrogen and oxygen atoms in total. The smallest absolute Gasteiger partial charge is 0.00966 e. The van der Waals surface area contributed by atoms with Crippen molar-refractivity contribution in [1.29, 1.82) is 0 Å². The minimum Gasteiger partial charge on any atom is -0.316 e. The summed E-state index contributed by atoms with van der Waals surface area (Å²) in [6.07, 6.45) is 6.89. The number of nitrogens with one attached hydrogen (secondary N) is 2. The Morgan fingerprint density at radius 1 is 1.47 bits per heavy atom. The second-order valence-electron chi connectivity index (χ2n) is 5.73. The van der Waals surface area contributed by atoms with Crippen molar-refractivity contribution in [2.45, 2.75) is 52.0 Å². The van der Waals surface area contributed by atoms with Crippen LogP contribution in [0, 0.1) is 11.3 Å². The monoisotopic (exact) mass is 210 g/mol. The normalized spacial score (nSPS) is 40.4. The van der Waals surface area contributed by atoms with E-state index in [1.54, 1.807) is 0 Å². The van der Waals surface area contributed by atoms with Gasteiger partial charge in [0.2, 0.25) is 0 Å². The van der Waals surface area contributed by atoms with E-state index in [1.807, 2.05) is 0 Å². The lowest BCUT2D eigenvalue weighted by atomic mass is 9.77. The van der Waals surface area contributed by atoms with Crippen molar-refractivity contribution in [2.24, 2.45) is 11.3 Å². The Balaban J connectivity index is 1.81. The molecule has 1 aliphatic heterocycles. The first-order valence-electron chi connectivity index (χ1n) is 6.70. The molecule has 0 aromatic heterocycles. The molecule has 2 rings (SSSR count). The van der Waals surface area contributed by atoms with E-state index in [1.165, 1.54) is 51.7 Å². The largest absolute Gasteiger partial charge is 0.316 e. The lowest BCUT2D eigenvalue weighted by molar-refractivity contribution is 0.181. The van der Waals surface area contributed by atoms with Crippen LogP contribution in [-0.4, -0.2) is 25.7 Å². The zero-order valence-corrected chi connectivity index (χ0v) is 10.3. The molecule has 0 spiro atoms. The summed E-state index contributed by atoms with van der Waals surface area (Å²) in [6, 6.07) is 0.834. The summed E-state index contributed by atoms with van der Waals surface area (Å²) in [7, 11) is 0. The van der Waals surface area contributed by atoms with Crippen molar-refractivity contribution >= 4 is 0 Å². The van der Waals surface area contributed by atoms with E-state index in [0.29, 0.717) is 5.41 Å². The Labute approximate surface area is 94.2 Å². The molecule has 1 saturated carbocycles. The van der Waals surface area contributed by atoms with Crippen molar-refractivity contribution in [3.63, 3.8) is 0 Å². The SMILES string of the molecule is CCCC1(CNC2CC2C)CCCNC1. The Hall–Kier alpha value is -0.0800. The molecule has 3 unspecified atom stereocenters. The topological polar surface area (TPSA) is 24.1 Å². The van der Waals surface area contributed by atoms with Crippen LogP contribution >= 0.6 is 0 Å². The molecule has 88 valence electrons. The van der Waals surface area contributed by atoms with Gasteiger partial charge >= 0.3 is 0 Å². The maximum atomic E-state index is 3.76. The van der Waals surface area contributed by atoms with E-state index in [4.69, 9.17) is 0 Å². The van der Waals surface area contributed by atoms with Gasteiger partial charge in [-0.1, -0.05) is 20.3 Å². The number of rotatable bonds is 5. The molecule has 0 amide bonds. The maximum absolute atomic E-state index is 3.76. The molecule has 0 radical (unpaired) electrons. The highest BCUT2D eigenvalue weighted by molar-refractivity contribution is 4.94. The predicted molar refractivity (Wildman–Crippen MR) is 65.0 cm³/mol. The molecule has 3 atom stereocenters. The van der Waals surface area contributed by atoms with Crippen LogP contribution in [0.5, 0.6) is 0 Å². The molecule has 0 bridgehead atoms. The van der Waals surface area contributed by atoms with Crippen molar-refractivity contribution in [3.8, 4) is 0 Å². The molecular weight excluding hydrogens is 184 g/mol. The van der Waals surface area contributed by atoms with Crippen LogP contribution in [0.1, 0.15) is 46.0 Å². The highest BCUT2D eigenvalue weighted by Crippen LogP contribution is 2.34. The van der Waals surface area contributed by atoms with Crippen LogP contribution in [0.4, 0.5) is 0 Å². The van der Waals surface area contributed by atoms with Gasteiger partial charge in [-0.25, -0.2) is 0 Å². The lowest BCUT2D eigenvalue weighted by Crippen LogP contribution is -2.46. The van der Waals surface area contributed by atoms with Crippen LogP contribution in [0.25, 0.3) is 0 Å². The molecule has 0 aromatic rings. The predicted octanol–water partition coefficient (Wildman–Crippen LogP) is 2.15. The number of piperidine rings is 1. The summed E-state index contributed by atoms with van der Waals surface area (Å²) in [6.45, 7) is 8.36. The van der Waals surface area contributed by atoms with E-state index in [0.717, 1.165) is 12.0 Å². The Morgan fingerprint density at radius 2 is 2.27 bits per heavy atom. The molecule has 1 heterocycles. The molecule has 15 heavy (non-hydrogen) atoms. The van der Waals surface area contributed by atoms with Gasteiger partial charge in [0.15, 0.2) is 0 Å². The fraction of sp³-hybridized carbons (Fsp3) is 1.00. The van der Waals surface area contributed by atoms with Gasteiger partial charge in [0, 0.05) is 19.1 Å². The molecule has 2 N–H and O–H groups in total. The van der Waals surface area contributed by atoms with Crippen molar-refractivity contribution < 1.29 is 0 Å². The number of hydrogen-bond donors (Lipinski definition) is 2. The third-order valence-electron chi connectivity index (χ3n) is 4.19. The second-order valence-corrected chi connectivity index (χ2v) is 5.73. The third kappa shape index (κ3) is 2.94. The van der Waals surface area contributed by atoms with Crippen molar-refractivity contribution in [3.05, 3.63) is 0 Å². The van der Waals surface area contributed by atoms with Crippen LogP contribution < -0.4 is 10.6 Å².